The highest BCUT2D eigenvalue weighted by Gasteiger charge is 2.03. The summed E-state index contributed by atoms with van der Waals surface area (Å²) in [6, 6.07) is 0. The Bertz CT molecular complexity index is 198. The Labute approximate surface area is 76.3 Å². The molecule has 0 unspecified atom stereocenters. The molecule has 0 nitrogen and oxygen atoms in total. The summed E-state index contributed by atoms with van der Waals surface area (Å²) in [6.07, 6.45) is 0.902. The van der Waals surface area contributed by atoms with Crippen LogP contribution in [0.15, 0.2) is 21.5 Å². The highest BCUT2D eigenvalue weighted by Crippen LogP contribution is 2.23. The zero-order valence-corrected chi connectivity index (χ0v) is 9.05. The van der Waals surface area contributed by atoms with Crippen molar-refractivity contribution in [2.24, 2.45) is 0 Å². The van der Waals surface area contributed by atoms with Gasteiger partial charge in [-0.05, 0) is 32.8 Å². The maximum atomic E-state index is 13.1. The van der Waals surface area contributed by atoms with E-state index < -0.39 is 0 Å². The largest absolute Gasteiger partial charge is 0.206 e. The van der Waals surface area contributed by atoms with Gasteiger partial charge in [-0.2, -0.15) is 0 Å². The Hall–Kier alpha value is -0.110. The minimum absolute atomic E-state index is 0.135. The zero-order valence-electron chi connectivity index (χ0n) is 7.46. The number of allylic oxidation sites excluding steroid dienone is 4. The van der Waals surface area contributed by atoms with Gasteiger partial charge in [0.15, 0.2) is 0 Å². The molecule has 0 aliphatic carbocycles. The van der Waals surface area contributed by atoms with Crippen LogP contribution in [0.2, 0.25) is 0 Å². The summed E-state index contributed by atoms with van der Waals surface area (Å²) in [7, 11) is 0. The molecule has 0 heterocycles. The topological polar surface area (TPSA) is 0 Å². The van der Waals surface area contributed by atoms with Crippen LogP contribution in [0.4, 0.5) is 4.39 Å². The summed E-state index contributed by atoms with van der Waals surface area (Å²) in [6.45, 7) is 7.49. The molecule has 0 spiro atoms. The lowest BCUT2D eigenvalue weighted by Gasteiger charge is -2.03. The van der Waals surface area contributed by atoms with Crippen LogP contribution in [0.5, 0.6) is 0 Å². The molecule has 0 aromatic carbocycles. The van der Waals surface area contributed by atoms with E-state index in [1.165, 1.54) is 0 Å². The van der Waals surface area contributed by atoms with Crippen molar-refractivity contribution in [3.8, 4) is 0 Å². The quantitative estimate of drug-likeness (QED) is 0.609. The Balaban J connectivity index is 4.75. The van der Waals surface area contributed by atoms with Crippen LogP contribution in [0.25, 0.3) is 0 Å². The molecule has 0 fully saturated rings. The van der Waals surface area contributed by atoms with E-state index in [2.05, 4.69) is 15.9 Å². The lowest BCUT2D eigenvalue weighted by molar-refractivity contribution is 0.643. The predicted molar refractivity (Wildman–Crippen MR) is 51.4 cm³/mol. The number of halogens is 2. The van der Waals surface area contributed by atoms with E-state index in [1.807, 2.05) is 13.8 Å². The molecule has 0 atom stereocenters. The molecule has 0 N–H and O–H groups in total. The van der Waals surface area contributed by atoms with Gasteiger partial charge in [0, 0.05) is 4.48 Å². The van der Waals surface area contributed by atoms with Gasteiger partial charge in [-0.3, -0.25) is 0 Å². The summed E-state index contributed by atoms with van der Waals surface area (Å²) < 4.78 is 13.7. The van der Waals surface area contributed by atoms with Crippen molar-refractivity contribution >= 4 is 15.9 Å². The van der Waals surface area contributed by atoms with Gasteiger partial charge in [-0.15, -0.1) is 0 Å². The molecule has 11 heavy (non-hydrogen) atoms. The van der Waals surface area contributed by atoms with Crippen molar-refractivity contribution in [1.29, 1.82) is 0 Å². The first kappa shape index (κ1) is 10.9. The molecule has 0 radical (unpaired) electrons. The van der Waals surface area contributed by atoms with Crippen molar-refractivity contribution < 1.29 is 4.39 Å². The van der Waals surface area contributed by atoms with E-state index in [-0.39, 0.29) is 5.83 Å². The summed E-state index contributed by atoms with van der Waals surface area (Å²) in [5.41, 5.74) is 1.85. The molecule has 0 aliphatic heterocycles. The Morgan fingerprint density at radius 2 is 1.73 bits per heavy atom. The molecule has 64 valence electrons. The van der Waals surface area contributed by atoms with E-state index in [9.17, 15) is 4.39 Å². The minimum Gasteiger partial charge on any atom is -0.206 e. The van der Waals surface area contributed by atoms with Crippen LogP contribution in [-0.2, 0) is 0 Å². The summed E-state index contributed by atoms with van der Waals surface area (Å²) in [5.74, 6) is -0.135. The van der Waals surface area contributed by atoms with Gasteiger partial charge >= 0.3 is 0 Å². The minimum atomic E-state index is -0.135. The van der Waals surface area contributed by atoms with Gasteiger partial charge in [-0.25, -0.2) is 4.39 Å². The van der Waals surface area contributed by atoms with Crippen LogP contribution < -0.4 is 0 Å². The second-order valence-corrected chi connectivity index (χ2v) is 3.80. The van der Waals surface area contributed by atoms with Crippen LogP contribution in [0.3, 0.4) is 0 Å². The highest BCUT2D eigenvalue weighted by atomic mass is 79.9. The van der Waals surface area contributed by atoms with E-state index in [1.54, 1.807) is 13.8 Å². The average molecular weight is 221 g/mol. The standard InChI is InChI=1S/C9H14BrF/c1-5-6(2)7(3)9(11)8(4)10/h5H2,1-4H3/b7-6-,9-8-. The molecular weight excluding hydrogens is 207 g/mol. The lowest BCUT2D eigenvalue weighted by Crippen LogP contribution is -1.85. The summed E-state index contributed by atoms with van der Waals surface area (Å²) >= 11 is 3.11. The number of hydrogen-bond donors (Lipinski definition) is 0. The first-order valence-corrected chi connectivity index (χ1v) is 4.48. The molecule has 0 aromatic heterocycles. The van der Waals surface area contributed by atoms with E-state index in [0.29, 0.717) is 4.48 Å². The number of hydrogen-bond acceptors (Lipinski definition) is 0. The second-order valence-electron chi connectivity index (χ2n) is 2.61. The maximum Gasteiger partial charge on any atom is 0.135 e. The van der Waals surface area contributed by atoms with Crippen LogP contribution >= 0.6 is 15.9 Å². The molecule has 0 aromatic rings. The normalized spacial score (nSPS) is 15.8. The SMILES string of the molecule is CC/C(C)=C(C)\C(F)=C(/C)Br. The first-order valence-electron chi connectivity index (χ1n) is 3.69. The van der Waals surface area contributed by atoms with Gasteiger partial charge in [0.25, 0.3) is 0 Å². The monoisotopic (exact) mass is 220 g/mol. The van der Waals surface area contributed by atoms with Crippen LogP contribution in [-0.4, -0.2) is 0 Å². The third kappa shape index (κ3) is 3.19. The molecular formula is C9H14BrF. The van der Waals surface area contributed by atoms with Crippen LogP contribution in [0, 0.1) is 0 Å². The summed E-state index contributed by atoms with van der Waals surface area (Å²) in [5, 5.41) is 0. The smallest absolute Gasteiger partial charge is 0.135 e. The van der Waals surface area contributed by atoms with Gasteiger partial charge < -0.3 is 0 Å². The first-order chi connectivity index (χ1) is 5.00. The zero-order chi connectivity index (χ0) is 9.02. The molecule has 0 bridgehead atoms. The summed E-state index contributed by atoms with van der Waals surface area (Å²) in [4.78, 5) is 0. The molecule has 2 heteroatoms. The van der Waals surface area contributed by atoms with E-state index in [4.69, 9.17) is 0 Å². The van der Waals surface area contributed by atoms with Crippen molar-refractivity contribution in [2.45, 2.75) is 34.1 Å². The molecule has 0 aliphatic rings. The van der Waals surface area contributed by atoms with Gasteiger partial charge in [-0.1, -0.05) is 28.4 Å². The van der Waals surface area contributed by atoms with Gasteiger partial charge in [0.1, 0.15) is 5.83 Å². The van der Waals surface area contributed by atoms with Crippen LogP contribution in [0.1, 0.15) is 34.1 Å². The molecule has 0 saturated carbocycles. The Morgan fingerprint density at radius 1 is 1.27 bits per heavy atom. The van der Waals surface area contributed by atoms with Crippen molar-refractivity contribution in [3.63, 3.8) is 0 Å². The Kier molecular flexibility index (Phi) is 4.66. The fraction of sp³-hybridized carbons (Fsp3) is 0.556. The number of rotatable bonds is 2. The van der Waals surface area contributed by atoms with Crippen molar-refractivity contribution in [2.75, 3.05) is 0 Å². The molecule has 0 saturated heterocycles. The predicted octanol–water partition coefficient (Wildman–Crippen LogP) is 4.33. The lowest BCUT2D eigenvalue weighted by atomic mass is 10.1. The van der Waals surface area contributed by atoms with E-state index in [0.717, 1.165) is 17.6 Å². The average Bonchev–Trinajstić information content (AvgIpc) is 2.00. The maximum absolute atomic E-state index is 13.1. The third-order valence-electron chi connectivity index (χ3n) is 1.80. The molecule has 0 amide bonds. The highest BCUT2D eigenvalue weighted by molar-refractivity contribution is 9.11. The van der Waals surface area contributed by atoms with Crippen molar-refractivity contribution in [3.05, 3.63) is 21.5 Å². The van der Waals surface area contributed by atoms with E-state index >= 15 is 0 Å². The fourth-order valence-electron chi connectivity index (χ4n) is 0.711. The van der Waals surface area contributed by atoms with Gasteiger partial charge in [0.05, 0.1) is 0 Å². The Morgan fingerprint density at radius 3 is 2.00 bits per heavy atom. The van der Waals surface area contributed by atoms with Gasteiger partial charge in [0.2, 0.25) is 0 Å². The third-order valence-corrected chi connectivity index (χ3v) is 2.15. The van der Waals surface area contributed by atoms with Crippen molar-refractivity contribution in [1.82, 2.24) is 0 Å². The fourth-order valence-corrected chi connectivity index (χ4v) is 1.01. The second kappa shape index (κ2) is 4.70. The molecule has 0 rings (SSSR count).